The van der Waals surface area contributed by atoms with Gasteiger partial charge in [-0.05, 0) is 31.4 Å². The highest BCUT2D eigenvalue weighted by Gasteiger charge is 2.03. The van der Waals surface area contributed by atoms with Gasteiger partial charge in [-0.25, -0.2) is 4.39 Å². The van der Waals surface area contributed by atoms with Crippen molar-refractivity contribution in [3.63, 3.8) is 0 Å². The number of rotatable bonds is 2. The van der Waals surface area contributed by atoms with E-state index in [1.54, 1.807) is 6.07 Å². The minimum absolute atomic E-state index is 0.107. The Kier molecular flexibility index (Phi) is 2.87. The molecule has 0 atom stereocenters. The van der Waals surface area contributed by atoms with Gasteiger partial charge in [-0.15, -0.1) is 11.8 Å². The molecule has 0 aliphatic heterocycles. The molecular formula is C9H9FOS. The summed E-state index contributed by atoms with van der Waals surface area (Å²) in [4.78, 5) is 11.7. The maximum atomic E-state index is 12.8. The van der Waals surface area contributed by atoms with E-state index in [2.05, 4.69) is 0 Å². The van der Waals surface area contributed by atoms with E-state index in [1.165, 1.54) is 30.8 Å². The Morgan fingerprint density at radius 2 is 2.08 bits per heavy atom. The van der Waals surface area contributed by atoms with Crippen molar-refractivity contribution in [2.45, 2.75) is 11.8 Å². The first-order valence-electron chi connectivity index (χ1n) is 3.49. The molecule has 0 heterocycles. The molecule has 0 radical (unpaired) electrons. The predicted octanol–water partition coefficient (Wildman–Crippen LogP) is 2.75. The lowest BCUT2D eigenvalue weighted by molar-refractivity contribution is 0.101. The fraction of sp³-hybridized carbons (Fsp3) is 0.222. The van der Waals surface area contributed by atoms with Crippen LogP contribution in [0.4, 0.5) is 4.39 Å². The highest BCUT2D eigenvalue weighted by Crippen LogP contribution is 2.18. The van der Waals surface area contributed by atoms with Gasteiger partial charge < -0.3 is 0 Å². The van der Waals surface area contributed by atoms with Crippen molar-refractivity contribution in [2.75, 3.05) is 6.26 Å². The third-order valence-corrected chi connectivity index (χ3v) is 2.22. The molecule has 0 aliphatic rings. The molecule has 0 aromatic heterocycles. The molecule has 0 amide bonds. The summed E-state index contributed by atoms with van der Waals surface area (Å²) in [6.07, 6.45) is 1.85. The molecule has 0 aliphatic carbocycles. The molecule has 64 valence electrons. The maximum Gasteiger partial charge on any atom is 0.159 e. The minimum Gasteiger partial charge on any atom is -0.295 e. The summed E-state index contributed by atoms with van der Waals surface area (Å²) >= 11 is 1.42. The SMILES string of the molecule is CSc1cc(F)cc(C(C)=O)c1. The topological polar surface area (TPSA) is 17.1 Å². The number of hydrogen-bond acceptors (Lipinski definition) is 2. The summed E-state index contributed by atoms with van der Waals surface area (Å²) < 4.78 is 12.8. The van der Waals surface area contributed by atoms with E-state index in [9.17, 15) is 9.18 Å². The average Bonchev–Trinajstić information content (AvgIpc) is 2.03. The van der Waals surface area contributed by atoms with E-state index >= 15 is 0 Å². The van der Waals surface area contributed by atoms with Gasteiger partial charge in [0.25, 0.3) is 0 Å². The third kappa shape index (κ3) is 2.08. The van der Waals surface area contributed by atoms with Gasteiger partial charge in [0.05, 0.1) is 0 Å². The maximum absolute atomic E-state index is 12.8. The van der Waals surface area contributed by atoms with Gasteiger partial charge in [0.2, 0.25) is 0 Å². The molecule has 0 saturated heterocycles. The van der Waals surface area contributed by atoms with Crippen LogP contribution in [0.15, 0.2) is 23.1 Å². The summed E-state index contributed by atoms with van der Waals surface area (Å²) in [6.45, 7) is 1.43. The smallest absolute Gasteiger partial charge is 0.159 e. The molecule has 1 rings (SSSR count). The van der Waals surface area contributed by atoms with E-state index < -0.39 is 0 Å². The molecule has 0 fully saturated rings. The van der Waals surface area contributed by atoms with Crippen LogP contribution in [0.5, 0.6) is 0 Å². The lowest BCUT2D eigenvalue weighted by atomic mass is 10.1. The van der Waals surface area contributed by atoms with Gasteiger partial charge in [0, 0.05) is 10.5 Å². The Hall–Kier alpha value is -0.830. The molecule has 0 N–H and O–H groups in total. The Balaban J connectivity index is 3.15. The summed E-state index contributed by atoms with van der Waals surface area (Å²) in [5.74, 6) is -0.461. The second-order valence-electron chi connectivity index (χ2n) is 2.44. The van der Waals surface area contributed by atoms with E-state index in [-0.39, 0.29) is 11.6 Å². The van der Waals surface area contributed by atoms with Crippen LogP contribution in [-0.2, 0) is 0 Å². The molecule has 0 saturated carbocycles. The number of Topliss-reactive ketones (excluding diaryl/α,β-unsaturated/α-hetero) is 1. The average molecular weight is 184 g/mol. The zero-order chi connectivity index (χ0) is 9.14. The minimum atomic E-state index is -0.355. The quantitative estimate of drug-likeness (QED) is 0.519. The first-order chi connectivity index (χ1) is 5.63. The van der Waals surface area contributed by atoms with Gasteiger partial charge in [-0.1, -0.05) is 0 Å². The monoisotopic (exact) mass is 184 g/mol. The third-order valence-electron chi connectivity index (χ3n) is 1.51. The molecule has 0 bridgehead atoms. The number of benzene rings is 1. The van der Waals surface area contributed by atoms with Crippen molar-refractivity contribution in [3.05, 3.63) is 29.6 Å². The Bertz CT molecular complexity index is 309. The number of hydrogen-bond donors (Lipinski definition) is 0. The van der Waals surface area contributed by atoms with Gasteiger partial charge in [-0.3, -0.25) is 4.79 Å². The van der Waals surface area contributed by atoms with Crippen molar-refractivity contribution in [1.82, 2.24) is 0 Å². The highest BCUT2D eigenvalue weighted by molar-refractivity contribution is 7.98. The summed E-state index contributed by atoms with van der Waals surface area (Å²) in [6, 6.07) is 4.36. The molecule has 1 aromatic carbocycles. The number of halogens is 1. The highest BCUT2D eigenvalue weighted by atomic mass is 32.2. The summed E-state index contributed by atoms with van der Waals surface area (Å²) in [7, 11) is 0. The van der Waals surface area contributed by atoms with Crippen LogP contribution < -0.4 is 0 Å². The molecule has 3 heteroatoms. The van der Waals surface area contributed by atoms with Crippen LogP contribution in [0.3, 0.4) is 0 Å². The predicted molar refractivity (Wildman–Crippen MR) is 48.2 cm³/mol. The van der Waals surface area contributed by atoms with Crippen molar-refractivity contribution in [2.24, 2.45) is 0 Å². The van der Waals surface area contributed by atoms with E-state index in [1.807, 2.05) is 6.26 Å². The van der Waals surface area contributed by atoms with Crippen molar-refractivity contribution in [3.8, 4) is 0 Å². The van der Waals surface area contributed by atoms with E-state index in [0.717, 1.165) is 4.90 Å². The largest absolute Gasteiger partial charge is 0.295 e. The molecule has 0 spiro atoms. The number of carbonyl (C=O) groups excluding carboxylic acids is 1. The Labute approximate surface area is 75.0 Å². The number of carbonyl (C=O) groups is 1. The fourth-order valence-corrected chi connectivity index (χ4v) is 1.36. The summed E-state index contributed by atoms with van der Waals surface area (Å²) in [5, 5.41) is 0. The van der Waals surface area contributed by atoms with Crippen molar-refractivity contribution in [1.29, 1.82) is 0 Å². The van der Waals surface area contributed by atoms with Crippen molar-refractivity contribution < 1.29 is 9.18 Å². The zero-order valence-corrected chi connectivity index (χ0v) is 7.74. The molecule has 1 nitrogen and oxygen atoms in total. The molecule has 12 heavy (non-hydrogen) atoms. The van der Waals surface area contributed by atoms with Crippen LogP contribution in [0, 0.1) is 5.82 Å². The van der Waals surface area contributed by atoms with Gasteiger partial charge in [-0.2, -0.15) is 0 Å². The van der Waals surface area contributed by atoms with Crippen molar-refractivity contribution >= 4 is 17.5 Å². The van der Waals surface area contributed by atoms with E-state index in [4.69, 9.17) is 0 Å². The van der Waals surface area contributed by atoms with Crippen LogP contribution in [0.25, 0.3) is 0 Å². The zero-order valence-electron chi connectivity index (χ0n) is 6.93. The second-order valence-corrected chi connectivity index (χ2v) is 3.32. The molecular weight excluding hydrogens is 175 g/mol. The standard InChI is InChI=1S/C9H9FOS/c1-6(11)7-3-8(10)5-9(4-7)12-2/h3-5H,1-2H3. The van der Waals surface area contributed by atoms with Gasteiger partial charge >= 0.3 is 0 Å². The first kappa shape index (κ1) is 9.26. The molecule has 1 aromatic rings. The first-order valence-corrected chi connectivity index (χ1v) is 4.71. The molecule has 0 unspecified atom stereocenters. The van der Waals surface area contributed by atoms with Crippen LogP contribution in [0.2, 0.25) is 0 Å². The van der Waals surface area contributed by atoms with Gasteiger partial charge in [0.1, 0.15) is 5.82 Å². The van der Waals surface area contributed by atoms with Gasteiger partial charge in [0.15, 0.2) is 5.78 Å². The lowest BCUT2D eigenvalue weighted by Gasteiger charge is -1.99. The van der Waals surface area contributed by atoms with E-state index in [0.29, 0.717) is 5.56 Å². The lowest BCUT2D eigenvalue weighted by Crippen LogP contribution is -1.93. The van der Waals surface area contributed by atoms with Crippen LogP contribution in [-0.4, -0.2) is 12.0 Å². The number of ketones is 1. The fourth-order valence-electron chi connectivity index (χ4n) is 0.884. The van der Waals surface area contributed by atoms with Crippen LogP contribution >= 0.6 is 11.8 Å². The second kappa shape index (κ2) is 3.72. The number of thioether (sulfide) groups is 1. The summed E-state index contributed by atoms with van der Waals surface area (Å²) in [5.41, 5.74) is 0.430. The Morgan fingerprint density at radius 1 is 1.42 bits per heavy atom. The van der Waals surface area contributed by atoms with Crippen LogP contribution in [0.1, 0.15) is 17.3 Å². The normalized spacial score (nSPS) is 9.92. The Morgan fingerprint density at radius 3 is 2.58 bits per heavy atom.